The van der Waals surface area contributed by atoms with Crippen LogP contribution in [0.2, 0.25) is 5.02 Å². The van der Waals surface area contributed by atoms with E-state index in [2.05, 4.69) is 10.1 Å². The Labute approximate surface area is 169 Å². The Morgan fingerprint density at radius 3 is 2.69 bits per heavy atom. The molecule has 0 bridgehead atoms. The van der Waals surface area contributed by atoms with Crippen molar-refractivity contribution in [1.29, 1.82) is 0 Å². The Morgan fingerprint density at radius 1 is 1.14 bits per heavy atom. The number of rotatable bonds is 8. The van der Waals surface area contributed by atoms with Gasteiger partial charge in [-0.05, 0) is 42.5 Å². The summed E-state index contributed by atoms with van der Waals surface area (Å²) >= 11 is 5.90. The number of hydrogen-bond donors (Lipinski definition) is 1. The number of methoxy groups -OCH3 is 1. The van der Waals surface area contributed by atoms with Gasteiger partial charge in [-0.25, -0.2) is 0 Å². The Hall–Kier alpha value is -3.26. The predicted molar refractivity (Wildman–Crippen MR) is 102 cm³/mol. The highest BCUT2D eigenvalue weighted by atomic mass is 35.5. The number of carbonyl (C=O) groups is 1. The average Bonchev–Trinajstić information content (AvgIpc) is 3.16. The Balaban J connectivity index is 1.62. The topological polar surface area (TPSA) is 69.9 Å². The van der Waals surface area contributed by atoms with Crippen molar-refractivity contribution in [2.45, 2.75) is 13.2 Å². The molecule has 29 heavy (non-hydrogen) atoms. The molecule has 3 aromatic rings. The second-order valence-electron chi connectivity index (χ2n) is 5.71. The van der Waals surface area contributed by atoms with Gasteiger partial charge >= 0.3 is 6.61 Å². The third-order valence-corrected chi connectivity index (χ3v) is 3.94. The molecule has 1 N–H and O–H groups in total. The summed E-state index contributed by atoms with van der Waals surface area (Å²) < 4.78 is 45.2. The summed E-state index contributed by atoms with van der Waals surface area (Å²) in [5.74, 6) is 0.453. The molecule has 0 unspecified atom stereocenters. The van der Waals surface area contributed by atoms with Crippen LogP contribution in [0.5, 0.6) is 17.2 Å². The highest BCUT2D eigenvalue weighted by Crippen LogP contribution is 2.31. The van der Waals surface area contributed by atoms with Crippen molar-refractivity contribution in [2.75, 3.05) is 12.4 Å². The van der Waals surface area contributed by atoms with Gasteiger partial charge in [0.1, 0.15) is 18.1 Å². The van der Waals surface area contributed by atoms with Gasteiger partial charge in [0.05, 0.1) is 7.11 Å². The molecule has 9 heteroatoms. The predicted octanol–water partition coefficient (Wildman–Crippen LogP) is 5.37. The largest absolute Gasteiger partial charge is 0.493 e. The molecule has 0 aliphatic heterocycles. The molecule has 0 atom stereocenters. The zero-order chi connectivity index (χ0) is 20.8. The summed E-state index contributed by atoms with van der Waals surface area (Å²) in [6.45, 7) is -2.87. The van der Waals surface area contributed by atoms with E-state index < -0.39 is 12.5 Å². The van der Waals surface area contributed by atoms with E-state index >= 15 is 0 Å². The quantitative estimate of drug-likeness (QED) is 0.527. The van der Waals surface area contributed by atoms with Gasteiger partial charge in [0, 0.05) is 16.8 Å². The van der Waals surface area contributed by atoms with Crippen LogP contribution in [0, 0.1) is 0 Å². The molecule has 0 radical (unpaired) electrons. The second-order valence-corrected chi connectivity index (χ2v) is 6.15. The van der Waals surface area contributed by atoms with Gasteiger partial charge in [-0.15, -0.1) is 0 Å². The van der Waals surface area contributed by atoms with Crippen molar-refractivity contribution < 1.29 is 32.2 Å². The number of nitrogens with one attached hydrogen (secondary N) is 1. The number of amides is 1. The summed E-state index contributed by atoms with van der Waals surface area (Å²) in [5.41, 5.74) is 0.321. The van der Waals surface area contributed by atoms with Crippen molar-refractivity contribution in [1.82, 2.24) is 0 Å². The zero-order valence-corrected chi connectivity index (χ0v) is 15.9. The molecule has 1 aromatic heterocycles. The number of furan rings is 1. The van der Waals surface area contributed by atoms with Crippen LogP contribution in [0.15, 0.2) is 59.0 Å². The minimum Gasteiger partial charge on any atom is -0.493 e. The monoisotopic (exact) mass is 423 g/mol. The first-order chi connectivity index (χ1) is 13.9. The first-order valence-electron chi connectivity index (χ1n) is 8.36. The van der Waals surface area contributed by atoms with E-state index in [0.29, 0.717) is 22.2 Å². The summed E-state index contributed by atoms with van der Waals surface area (Å²) in [6, 6.07) is 14.0. The lowest BCUT2D eigenvalue weighted by Gasteiger charge is -2.11. The molecule has 0 saturated carbocycles. The molecule has 6 nitrogen and oxygen atoms in total. The van der Waals surface area contributed by atoms with E-state index in [1.165, 1.54) is 31.4 Å². The van der Waals surface area contributed by atoms with Gasteiger partial charge < -0.3 is 23.9 Å². The lowest BCUT2D eigenvalue weighted by Crippen LogP contribution is -2.11. The summed E-state index contributed by atoms with van der Waals surface area (Å²) in [6.07, 6.45) is 0. The molecule has 152 valence electrons. The van der Waals surface area contributed by atoms with Crippen LogP contribution in [-0.2, 0) is 6.61 Å². The van der Waals surface area contributed by atoms with Crippen molar-refractivity contribution in [3.8, 4) is 17.2 Å². The van der Waals surface area contributed by atoms with Crippen LogP contribution in [0.25, 0.3) is 0 Å². The molecule has 0 aliphatic carbocycles. The SMILES string of the molecule is COc1cc(NC(=O)c2ccc(COc3cccc(Cl)c3)o2)ccc1OC(F)F. The van der Waals surface area contributed by atoms with Crippen LogP contribution in [0.3, 0.4) is 0 Å². The summed E-state index contributed by atoms with van der Waals surface area (Å²) in [7, 11) is 1.30. The minimum absolute atomic E-state index is 0.0538. The third-order valence-electron chi connectivity index (χ3n) is 3.70. The van der Waals surface area contributed by atoms with Gasteiger partial charge in [0.2, 0.25) is 0 Å². The van der Waals surface area contributed by atoms with E-state index in [9.17, 15) is 13.6 Å². The first-order valence-corrected chi connectivity index (χ1v) is 8.73. The van der Waals surface area contributed by atoms with E-state index in [1.54, 1.807) is 30.3 Å². The van der Waals surface area contributed by atoms with Crippen LogP contribution in [0.1, 0.15) is 16.3 Å². The Kier molecular flexibility index (Phi) is 6.56. The van der Waals surface area contributed by atoms with Crippen molar-refractivity contribution in [3.05, 3.63) is 71.1 Å². The number of carbonyl (C=O) groups excluding carboxylic acids is 1. The maximum absolute atomic E-state index is 12.4. The number of anilines is 1. The number of hydrogen-bond acceptors (Lipinski definition) is 5. The first kappa shape index (κ1) is 20.5. The van der Waals surface area contributed by atoms with E-state index in [0.717, 1.165) is 0 Å². The van der Waals surface area contributed by atoms with Crippen LogP contribution >= 0.6 is 11.6 Å². The molecule has 1 amide bonds. The van der Waals surface area contributed by atoms with E-state index in [1.807, 2.05) is 0 Å². The number of alkyl halides is 2. The van der Waals surface area contributed by atoms with Gasteiger partial charge in [0.25, 0.3) is 5.91 Å². The molecule has 2 aromatic carbocycles. The molecular weight excluding hydrogens is 408 g/mol. The van der Waals surface area contributed by atoms with Gasteiger partial charge in [-0.1, -0.05) is 17.7 Å². The van der Waals surface area contributed by atoms with Gasteiger partial charge in [-0.2, -0.15) is 8.78 Å². The smallest absolute Gasteiger partial charge is 0.387 e. The zero-order valence-electron chi connectivity index (χ0n) is 15.2. The molecule has 0 saturated heterocycles. The van der Waals surface area contributed by atoms with E-state index in [-0.39, 0.29) is 23.9 Å². The normalized spacial score (nSPS) is 10.7. The Morgan fingerprint density at radius 2 is 1.97 bits per heavy atom. The highest BCUT2D eigenvalue weighted by Gasteiger charge is 2.15. The van der Waals surface area contributed by atoms with E-state index in [4.69, 9.17) is 25.5 Å². The molecular formula is C20H16ClF2NO5. The fourth-order valence-electron chi connectivity index (χ4n) is 2.42. The fraction of sp³-hybridized carbons (Fsp3) is 0.150. The van der Waals surface area contributed by atoms with Gasteiger partial charge in [-0.3, -0.25) is 4.79 Å². The summed E-state index contributed by atoms with van der Waals surface area (Å²) in [5, 5.41) is 3.14. The lowest BCUT2D eigenvalue weighted by molar-refractivity contribution is -0.0512. The molecule has 1 heterocycles. The van der Waals surface area contributed by atoms with Crippen molar-refractivity contribution in [3.63, 3.8) is 0 Å². The third kappa shape index (κ3) is 5.61. The maximum atomic E-state index is 12.4. The standard InChI is InChI=1S/C20H16ClF2NO5/c1-26-18-10-13(5-7-16(18)29-20(22)23)24-19(25)17-8-6-15(28-17)11-27-14-4-2-3-12(21)9-14/h2-10,20H,11H2,1H3,(H,24,25). The van der Waals surface area contributed by atoms with Crippen molar-refractivity contribution >= 4 is 23.2 Å². The minimum atomic E-state index is -2.99. The van der Waals surface area contributed by atoms with Crippen LogP contribution in [0.4, 0.5) is 14.5 Å². The van der Waals surface area contributed by atoms with Crippen LogP contribution < -0.4 is 19.5 Å². The highest BCUT2D eigenvalue weighted by molar-refractivity contribution is 6.30. The van der Waals surface area contributed by atoms with Crippen molar-refractivity contribution in [2.24, 2.45) is 0 Å². The van der Waals surface area contributed by atoms with Crippen LogP contribution in [-0.4, -0.2) is 19.6 Å². The molecule has 3 rings (SSSR count). The fourth-order valence-corrected chi connectivity index (χ4v) is 2.60. The molecule has 0 spiro atoms. The Bertz CT molecular complexity index is 993. The second kappa shape index (κ2) is 9.29. The molecule has 0 fully saturated rings. The number of benzene rings is 2. The number of ether oxygens (including phenoxy) is 3. The van der Waals surface area contributed by atoms with Gasteiger partial charge in [0.15, 0.2) is 17.3 Å². The average molecular weight is 424 g/mol. The maximum Gasteiger partial charge on any atom is 0.387 e. The number of halogens is 3. The lowest BCUT2D eigenvalue weighted by atomic mass is 10.2. The molecule has 0 aliphatic rings. The summed E-state index contributed by atoms with van der Waals surface area (Å²) in [4.78, 5) is 12.4.